The first-order valence-corrected chi connectivity index (χ1v) is 5.67. The molecule has 0 amide bonds. The smallest absolute Gasteiger partial charge is 0.272 e. The number of nitro benzene ring substituents is 1. The SMILES string of the molecule is O=[N+]([O-])c1cc(Cl)c(-c2ccc(O)cc2)c(Cl)c1. The van der Waals surface area contributed by atoms with Gasteiger partial charge in [-0.2, -0.15) is 0 Å². The van der Waals surface area contributed by atoms with E-state index in [1.807, 2.05) is 0 Å². The highest BCUT2D eigenvalue weighted by atomic mass is 35.5. The second kappa shape index (κ2) is 4.84. The summed E-state index contributed by atoms with van der Waals surface area (Å²) in [5, 5.41) is 20.2. The molecule has 2 rings (SSSR count). The summed E-state index contributed by atoms with van der Waals surface area (Å²) < 4.78 is 0. The Balaban J connectivity index is 2.58. The van der Waals surface area contributed by atoms with Gasteiger partial charge in [0.15, 0.2) is 0 Å². The molecule has 2 aromatic carbocycles. The normalized spacial score (nSPS) is 10.3. The number of phenols is 1. The molecule has 0 unspecified atom stereocenters. The average molecular weight is 284 g/mol. The lowest BCUT2D eigenvalue weighted by Gasteiger charge is -2.07. The molecule has 2 aromatic rings. The summed E-state index contributed by atoms with van der Waals surface area (Å²) in [5.41, 5.74) is 1.02. The van der Waals surface area contributed by atoms with Gasteiger partial charge in [0, 0.05) is 17.7 Å². The van der Waals surface area contributed by atoms with E-state index >= 15 is 0 Å². The number of halogens is 2. The average Bonchev–Trinajstić information content (AvgIpc) is 2.30. The second-order valence-corrected chi connectivity index (χ2v) is 4.40. The van der Waals surface area contributed by atoms with Crippen molar-refractivity contribution in [3.8, 4) is 16.9 Å². The third-order valence-corrected chi connectivity index (χ3v) is 2.99. The fourth-order valence-electron chi connectivity index (χ4n) is 1.57. The Kier molecular flexibility index (Phi) is 3.41. The van der Waals surface area contributed by atoms with E-state index in [4.69, 9.17) is 23.2 Å². The van der Waals surface area contributed by atoms with Crippen LogP contribution in [0.5, 0.6) is 5.75 Å². The van der Waals surface area contributed by atoms with Crippen molar-refractivity contribution in [2.45, 2.75) is 0 Å². The minimum atomic E-state index is -0.557. The molecule has 0 fully saturated rings. The fourth-order valence-corrected chi connectivity index (χ4v) is 2.26. The van der Waals surface area contributed by atoms with Gasteiger partial charge in [0.2, 0.25) is 0 Å². The van der Waals surface area contributed by atoms with E-state index in [9.17, 15) is 15.2 Å². The number of rotatable bonds is 2. The van der Waals surface area contributed by atoms with Crippen LogP contribution in [0, 0.1) is 10.1 Å². The maximum atomic E-state index is 10.7. The standard InChI is InChI=1S/C12H7Cl2NO3/c13-10-5-8(15(17)18)6-11(14)12(10)7-1-3-9(16)4-2-7/h1-6,16H. The summed E-state index contributed by atoms with van der Waals surface area (Å²) in [7, 11) is 0. The first kappa shape index (κ1) is 12.7. The van der Waals surface area contributed by atoms with E-state index in [0.717, 1.165) is 0 Å². The molecule has 0 spiro atoms. The summed E-state index contributed by atoms with van der Waals surface area (Å²) in [4.78, 5) is 10.1. The van der Waals surface area contributed by atoms with Gasteiger partial charge in [-0.3, -0.25) is 10.1 Å². The summed E-state index contributed by atoms with van der Waals surface area (Å²) in [6.07, 6.45) is 0. The Morgan fingerprint density at radius 2 is 1.56 bits per heavy atom. The Morgan fingerprint density at radius 3 is 2.00 bits per heavy atom. The number of non-ortho nitro benzene ring substituents is 1. The summed E-state index contributed by atoms with van der Waals surface area (Å²) in [6, 6.07) is 8.74. The van der Waals surface area contributed by atoms with E-state index < -0.39 is 4.92 Å². The molecule has 4 nitrogen and oxygen atoms in total. The third-order valence-electron chi connectivity index (χ3n) is 2.39. The molecule has 0 aliphatic carbocycles. The predicted octanol–water partition coefficient (Wildman–Crippen LogP) is 4.27. The van der Waals surface area contributed by atoms with Gasteiger partial charge in [0.1, 0.15) is 5.75 Å². The van der Waals surface area contributed by atoms with Crippen LogP contribution in [0.15, 0.2) is 36.4 Å². The zero-order valence-electron chi connectivity index (χ0n) is 8.93. The minimum Gasteiger partial charge on any atom is -0.508 e. The lowest BCUT2D eigenvalue weighted by Crippen LogP contribution is -1.90. The molecule has 0 saturated carbocycles. The first-order chi connectivity index (χ1) is 8.49. The van der Waals surface area contributed by atoms with Gasteiger partial charge in [0.05, 0.1) is 15.0 Å². The second-order valence-electron chi connectivity index (χ2n) is 3.59. The largest absolute Gasteiger partial charge is 0.508 e. The number of hydrogen-bond donors (Lipinski definition) is 1. The lowest BCUT2D eigenvalue weighted by atomic mass is 10.0. The Bertz CT molecular complexity index is 588. The van der Waals surface area contributed by atoms with Crippen LogP contribution in [0.4, 0.5) is 5.69 Å². The van der Waals surface area contributed by atoms with Crippen LogP contribution in [0.25, 0.3) is 11.1 Å². The minimum absolute atomic E-state index is 0.118. The zero-order valence-corrected chi connectivity index (χ0v) is 10.4. The highest BCUT2D eigenvalue weighted by molar-refractivity contribution is 6.39. The number of nitro groups is 1. The van der Waals surface area contributed by atoms with Crippen LogP contribution in [-0.4, -0.2) is 10.0 Å². The van der Waals surface area contributed by atoms with Crippen LogP contribution in [0.2, 0.25) is 10.0 Å². The topological polar surface area (TPSA) is 63.4 Å². The van der Waals surface area contributed by atoms with Gasteiger partial charge in [-0.25, -0.2) is 0 Å². The van der Waals surface area contributed by atoms with E-state index in [1.165, 1.54) is 24.3 Å². The quantitative estimate of drug-likeness (QED) is 0.661. The fraction of sp³-hybridized carbons (Fsp3) is 0. The zero-order chi connectivity index (χ0) is 13.3. The monoisotopic (exact) mass is 283 g/mol. The van der Waals surface area contributed by atoms with Crippen molar-refractivity contribution in [3.63, 3.8) is 0 Å². The number of phenolic OH excluding ortho intramolecular Hbond substituents is 1. The molecule has 0 radical (unpaired) electrons. The molecule has 0 aliphatic rings. The van der Waals surface area contributed by atoms with E-state index in [2.05, 4.69) is 0 Å². The maximum absolute atomic E-state index is 10.7. The molecule has 6 heteroatoms. The Hall–Kier alpha value is -1.78. The lowest BCUT2D eigenvalue weighted by molar-refractivity contribution is -0.384. The summed E-state index contributed by atoms with van der Waals surface area (Å²) >= 11 is 12.0. The number of nitrogens with zero attached hydrogens (tertiary/aromatic N) is 1. The van der Waals surface area contributed by atoms with Gasteiger partial charge >= 0.3 is 0 Å². The molecule has 0 aliphatic heterocycles. The molecule has 0 atom stereocenters. The van der Waals surface area contributed by atoms with Gasteiger partial charge in [-0.1, -0.05) is 35.3 Å². The molecule has 0 bridgehead atoms. The highest BCUT2D eigenvalue weighted by Gasteiger charge is 2.15. The summed E-state index contributed by atoms with van der Waals surface area (Å²) in [5.74, 6) is 0.118. The highest BCUT2D eigenvalue weighted by Crippen LogP contribution is 2.38. The van der Waals surface area contributed by atoms with Crippen LogP contribution in [0.3, 0.4) is 0 Å². The molecular formula is C12H7Cl2NO3. The van der Waals surface area contributed by atoms with Gasteiger partial charge < -0.3 is 5.11 Å². The third kappa shape index (κ3) is 2.39. The first-order valence-electron chi connectivity index (χ1n) is 4.92. The molecule has 0 heterocycles. The number of aromatic hydroxyl groups is 1. The molecular weight excluding hydrogens is 277 g/mol. The summed E-state index contributed by atoms with van der Waals surface area (Å²) in [6.45, 7) is 0. The molecule has 0 saturated heterocycles. The van der Waals surface area contributed by atoms with Gasteiger partial charge in [-0.15, -0.1) is 0 Å². The number of benzene rings is 2. The maximum Gasteiger partial charge on any atom is 0.272 e. The molecule has 0 aromatic heterocycles. The Morgan fingerprint density at radius 1 is 1.06 bits per heavy atom. The van der Waals surface area contributed by atoms with E-state index in [-0.39, 0.29) is 21.5 Å². The van der Waals surface area contributed by atoms with Crippen molar-refractivity contribution in [2.24, 2.45) is 0 Å². The van der Waals surface area contributed by atoms with Crippen molar-refractivity contribution >= 4 is 28.9 Å². The van der Waals surface area contributed by atoms with Crippen molar-refractivity contribution in [1.29, 1.82) is 0 Å². The van der Waals surface area contributed by atoms with Gasteiger partial charge in [-0.05, 0) is 17.7 Å². The molecule has 92 valence electrons. The molecule has 1 N–H and O–H groups in total. The predicted molar refractivity (Wildman–Crippen MR) is 70.2 cm³/mol. The van der Waals surface area contributed by atoms with E-state index in [0.29, 0.717) is 11.1 Å². The Labute approximate surface area is 113 Å². The molecule has 18 heavy (non-hydrogen) atoms. The van der Waals surface area contributed by atoms with Crippen molar-refractivity contribution in [1.82, 2.24) is 0 Å². The number of hydrogen-bond acceptors (Lipinski definition) is 3. The van der Waals surface area contributed by atoms with Gasteiger partial charge in [0.25, 0.3) is 5.69 Å². The van der Waals surface area contributed by atoms with E-state index in [1.54, 1.807) is 12.1 Å². The van der Waals surface area contributed by atoms with Crippen molar-refractivity contribution < 1.29 is 10.0 Å². The van der Waals surface area contributed by atoms with Crippen LogP contribution < -0.4 is 0 Å². The van der Waals surface area contributed by atoms with Crippen molar-refractivity contribution in [2.75, 3.05) is 0 Å². The van der Waals surface area contributed by atoms with Crippen molar-refractivity contribution in [3.05, 3.63) is 56.6 Å². The van der Waals surface area contributed by atoms with Crippen LogP contribution in [0.1, 0.15) is 0 Å². The van der Waals surface area contributed by atoms with Crippen LogP contribution >= 0.6 is 23.2 Å². The van der Waals surface area contributed by atoms with Crippen LogP contribution in [-0.2, 0) is 0 Å².